The molecule has 0 saturated heterocycles. The summed E-state index contributed by atoms with van der Waals surface area (Å²) in [4.78, 5) is 11.7. The third-order valence-corrected chi connectivity index (χ3v) is 5.32. The van der Waals surface area contributed by atoms with E-state index in [1.807, 2.05) is 54.3 Å². The predicted octanol–water partition coefficient (Wildman–Crippen LogP) is 4.28. The zero-order chi connectivity index (χ0) is 18.1. The van der Waals surface area contributed by atoms with Crippen LogP contribution >= 0.6 is 11.3 Å². The van der Waals surface area contributed by atoms with Gasteiger partial charge in [0.25, 0.3) is 0 Å². The molecule has 0 atom stereocenters. The molecule has 2 N–H and O–H groups in total. The highest BCUT2D eigenvalue weighted by atomic mass is 32.1. The Morgan fingerprint density at radius 2 is 2.00 bits per heavy atom. The van der Waals surface area contributed by atoms with Gasteiger partial charge in [0.05, 0.1) is 17.8 Å². The zero-order valence-electron chi connectivity index (χ0n) is 14.3. The van der Waals surface area contributed by atoms with Crippen LogP contribution in [-0.2, 0) is 6.54 Å². The molecule has 1 aliphatic rings. The summed E-state index contributed by atoms with van der Waals surface area (Å²) in [6.45, 7) is 2.88. The fraction of sp³-hybridized carbons (Fsp3) is 0.150. The van der Waals surface area contributed by atoms with Crippen LogP contribution < -0.4 is 0 Å². The topological polar surface area (TPSA) is 73.1 Å². The average Bonchev–Trinajstić information content (AvgIpc) is 3.16. The summed E-state index contributed by atoms with van der Waals surface area (Å²) in [5.41, 5.74) is 3.49. The van der Waals surface area contributed by atoms with Gasteiger partial charge in [0, 0.05) is 29.4 Å². The van der Waals surface area contributed by atoms with E-state index in [0.29, 0.717) is 29.5 Å². The number of thiazole rings is 1. The summed E-state index contributed by atoms with van der Waals surface area (Å²) in [5, 5.41) is 19.7. The van der Waals surface area contributed by atoms with Crippen LogP contribution in [0.5, 0.6) is 0 Å². The van der Waals surface area contributed by atoms with Crippen LogP contribution in [0.25, 0.3) is 16.8 Å². The summed E-state index contributed by atoms with van der Waals surface area (Å²) in [7, 11) is 0. The molecule has 2 aromatic heterocycles. The third kappa shape index (κ3) is 2.99. The highest BCUT2D eigenvalue weighted by Gasteiger charge is 2.30. The Morgan fingerprint density at radius 1 is 1.19 bits per heavy atom. The quantitative estimate of drug-likeness (QED) is 0.727. The molecule has 0 saturated carbocycles. The van der Waals surface area contributed by atoms with E-state index < -0.39 is 0 Å². The molecule has 130 valence electrons. The fourth-order valence-electron chi connectivity index (χ4n) is 3.07. The number of rotatable bonds is 4. The lowest BCUT2D eigenvalue weighted by atomic mass is 10.1. The van der Waals surface area contributed by atoms with Gasteiger partial charge in [-0.15, -0.1) is 11.3 Å². The van der Waals surface area contributed by atoms with Crippen molar-refractivity contribution < 1.29 is 5.11 Å². The van der Waals surface area contributed by atoms with E-state index in [1.54, 1.807) is 12.4 Å². The van der Waals surface area contributed by atoms with Gasteiger partial charge in [0.1, 0.15) is 16.6 Å². The monoisotopic (exact) mass is 362 g/mol. The predicted molar refractivity (Wildman–Crippen MR) is 104 cm³/mol. The van der Waals surface area contributed by atoms with Gasteiger partial charge in [0.15, 0.2) is 0 Å². The standard InChI is InChI=1S/C20H18N4OS/c1-13-18(15-7-3-2-4-8-15)23-20(26-13)17-16(25)12-24(19(17)21)11-14-6-5-9-22-10-14/h2-10,21,25H,11-12H2,1H3. The smallest absolute Gasteiger partial charge is 0.135 e. The second kappa shape index (κ2) is 6.72. The van der Waals surface area contributed by atoms with Gasteiger partial charge >= 0.3 is 0 Å². The van der Waals surface area contributed by atoms with Gasteiger partial charge in [-0.25, -0.2) is 4.98 Å². The van der Waals surface area contributed by atoms with Crippen LogP contribution in [0.2, 0.25) is 0 Å². The van der Waals surface area contributed by atoms with E-state index >= 15 is 0 Å². The number of hydrogen-bond acceptors (Lipinski definition) is 5. The minimum Gasteiger partial charge on any atom is -0.510 e. The molecule has 3 aromatic rings. The molecule has 1 aromatic carbocycles. The molecule has 5 nitrogen and oxygen atoms in total. The summed E-state index contributed by atoms with van der Waals surface area (Å²) in [5.74, 6) is 0.506. The first-order chi connectivity index (χ1) is 12.6. The number of aryl methyl sites for hydroxylation is 1. The lowest BCUT2D eigenvalue weighted by Gasteiger charge is -2.18. The van der Waals surface area contributed by atoms with Crippen molar-refractivity contribution in [1.82, 2.24) is 14.9 Å². The molecule has 0 bridgehead atoms. The Labute approximate surface area is 155 Å². The molecule has 0 unspecified atom stereocenters. The van der Waals surface area contributed by atoms with Crippen molar-refractivity contribution in [3.05, 3.63) is 76.1 Å². The Bertz CT molecular complexity index is 980. The number of benzene rings is 1. The number of nitrogens with zero attached hydrogens (tertiary/aromatic N) is 3. The molecule has 0 amide bonds. The van der Waals surface area contributed by atoms with Crippen molar-refractivity contribution in [2.75, 3.05) is 6.54 Å². The molecular weight excluding hydrogens is 344 g/mol. The number of nitrogens with one attached hydrogen (secondary N) is 1. The van der Waals surface area contributed by atoms with Crippen LogP contribution in [-0.4, -0.2) is 32.4 Å². The Hall–Kier alpha value is -2.99. The van der Waals surface area contributed by atoms with Gasteiger partial charge in [-0.3, -0.25) is 10.4 Å². The minimum atomic E-state index is 0.201. The van der Waals surface area contributed by atoms with Gasteiger partial charge in [-0.2, -0.15) is 0 Å². The van der Waals surface area contributed by atoms with Crippen LogP contribution in [0, 0.1) is 12.3 Å². The van der Waals surface area contributed by atoms with E-state index in [4.69, 9.17) is 10.4 Å². The molecule has 4 rings (SSSR count). The van der Waals surface area contributed by atoms with E-state index in [-0.39, 0.29) is 5.76 Å². The molecule has 0 radical (unpaired) electrons. The SMILES string of the molecule is Cc1sc(C2=C(O)CN(Cc3cccnc3)C2=N)nc1-c1ccccc1. The fourth-order valence-corrected chi connectivity index (χ4v) is 4.08. The molecule has 0 fully saturated rings. The largest absolute Gasteiger partial charge is 0.510 e. The van der Waals surface area contributed by atoms with Crippen molar-refractivity contribution in [3.8, 4) is 11.3 Å². The number of aromatic nitrogens is 2. The number of amidine groups is 1. The van der Waals surface area contributed by atoms with Gasteiger partial charge in [0.2, 0.25) is 0 Å². The second-order valence-electron chi connectivity index (χ2n) is 6.18. The number of aliphatic hydroxyl groups is 1. The Morgan fingerprint density at radius 3 is 2.73 bits per heavy atom. The molecular formula is C20H18N4OS. The normalized spacial score (nSPS) is 14.3. The zero-order valence-corrected chi connectivity index (χ0v) is 15.1. The van der Waals surface area contributed by atoms with Gasteiger partial charge < -0.3 is 10.0 Å². The second-order valence-corrected chi connectivity index (χ2v) is 7.38. The minimum absolute atomic E-state index is 0.201. The van der Waals surface area contributed by atoms with Crippen molar-refractivity contribution in [1.29, 1.82) is 5.41 Å². The Kier molecular flexibility index (Phi) is 4.26. The maximum absolute atomic E-state index is 10.5. The molecule has 26 heavy (non-hydrogen) atoms. The van der Waals surface area contributed by atoms with Crippen molar-refractivity contribution in [2.45, 2.75) is 13.5 Å². The molecule has 0 spiro atoms. The van der Waals surface area contributed by atoms with Gasteiger partial charge in [-0.05, 0) is 18.6 Å². The third-order valence-electron chi connectivity index (χ3n) is 4.34. The number of hydrogen-bond donors (Lipinski definition) is 2. The van der Waals surface area contributed by atoms with Crippen LogP contribution in [0.3, 0.4) is 0 Å². The van der Waals surface area contributed by atoms with Gasteiger partial charge in [-0.1, -0.05) is 36.4 Å². The maximum atomic E-state index is 10.5. The van der Waals surface area contributed by atoms with E-state index in [1.165, 1.54) is 11.3 Å². The van der Waals surface area contributed by atoms with E-state index in [2.05, 4.69) is 4.98 Å². The molecule has 3 heterocycles. The summed E-state index contributed by atoms with van der Waals surface area (Å²) in [6, 6.07) is 13.8. The molecule has 6 heteroatoms. The maximum Gasteiger partial charge on any atom is 0.135 e. The summed E-state index contributed by atoms with van der Waals surface area (Å²) in [6.07, 6.45) is 3.51. The first kappa shape index (κ1) is 16.5. The van der Waals surface area contributed by atoms with Crippen molar-refractivity contribution in [3.63, 3.8) is 0 Å². The summed E-state index contributed by atoms with van der Waals surface area (Å²) < 4.78 is 0. The van der Waals surface area contributed by atoms with E-state index in [9.17, 15) is 5.11 Å². The lowest BCUT2D eigenvalue weighted by Crippen LogP contribution is -2.26. The molecule has 0 aliphatic carbocycles. The van der Waals surface area contributed by atoms with E-state index in [0.717, 1.165) is 21.7 Å². The summed E-state index contributed by atoms with van der Waals surface area (Å²) >= 11 is 1.51. The first-order valence-electron chi connectivity index (χ1n) is 8.31. The van der Waals surface area contributed by atoms with Crippen LogP contribution in [0.4, 0.5) is 0 Å². The highest BCUT2D eigenvalue weighted by Crippen LogP contribution is 2.35. The number of aliphatic hydroxyl groups excluding tert-OH is 1. The first-order valence-corrected chi connectivity index (χ1v) is 9.13. The average molecular weight is 362 g/mol. The Balaban J connectivity index is 1.62. The van der Waals surface area contributed by atoms with Crippen molar-refractivity contribution >= 4 is 22.7 Å². The van der Waals surface area contributed by atoms with Crippen LogP contribution in [0.15, 0.2) is 60.6 Å². The van der Waals surface area contributed by atoms with Crippen molar-refractivity contribution in [2.24, 2.45) is 0 Å². The lowest BCUT2D eigenvalue weighted by molar-refractivity contribution is 0.347. The molecule has 1 aliphatic heterocycles. The number of pyridine rings is 1. The highest BCUT2D eigenvalue weighted by molar-refractivity contribution is 7.13. The van der Waals surface area contributed by atoms with Crippen LogP contribution in [0.1, 0.15) is 15.4 Å².